The molecule has 0 aliphatic carbocycles. The number of nitrogens with zero attached hydrogens (tertiary/aromatic N) is 3. The zero-order chi connectivity index (χ0) is 13.4. The van der Waals surface area contributed by atoms with Crippen LogP contribution in [0.5, 0.6) is 0 Å². The molecule has 3 rings (SSSR count). The molecule has 2 aromatic heterocycles. The Hall–Kier alpha value is -2.01. The fourth-order valence-corrected chi connectivity index (χ4v) is 2.96. The molecular weight excluding hydrogens is 261 g/mol. The molecule has 96 valence electrons. The third kappa shape index (κ3) is 2.29. The van der Waals surface area contributed by atoms with Gasteiger partial charge in [0.2, 0.25) is 0 Å². The number of hydrogen-bond acceptors (Lipinski definition) is 3. The average molecular weight is 273 g/mol. The molecule has 2 heterocycles. The first-order valence-corrected chi connectivity index (χ1v) is 6.71. The van der Waals surface area contributed by atoms with E-state index < -0.39 is 0 Å². The monoisotopic (exact) mass is 273 g/mol. The maximum atomic E-state index is 12.9. The van der Waals surface area contributed by atoms with Crippen molar-refractivity contribution < 1.29 is 4.39 Å². The molecule has 0 aliphatic rings. The molecule has 0 unspecified atom stereocenters. The van der Waals surface area contributed by atoms with Crippen LogP contribution in [0.3, 0.4) is 0 Å². The molecular formula is C14H12FN3S. The maximum absolute atomic E-state index is 12.9. The van der Waals surface area contributed by atoms with Crippen LogP contribution < -0.4 is 0 Å². The van der Waals surface area contributed by atoms with Gasteiger partial charge in [-0.25, -0.2) is 9.07 Å². The summed E-state index contributed by atoms with van der Waals surface area (Å²) in [7, 11) is 0. The maximum Gasteiger partial charge on any atom is 0.123 e. The topological polar surface area (TPSA) is 30.7 Å². The molecule has 0 aliphatic heterocycles. The fourth-order valence-electron chi connectivity index (χ4n) is 1.98. The summed E-state index contributed by atoms with van der Waals surface area (Å²) in [6, 6.07) is 8.33. The smallest absolute Gasteiger partial charge is 0.123 e. The minimum Gasteiger partial charge on any atom is -0.220 e. The van der Waals surface area contributed by atoms with E-state index in [9.17, 15) is 4.39 Å². The standard InChI is InChI=1S/C14H12FN3S/c1-9-7-10(2)19-14(9)13-8-18(17-16-13)12-5-3-11(15)4-6-12/h3-8H,1-2H3. The van der Waals surface area contributed by atoms with Gasteiger partial charge in [0.05, 0.1) is 16.8 Å². The van der Waals surface area contributed by atoms with Crippen LogP contribution in [0.15, 0.2) is 36.5 Å². The molecule has 0 radical (unpaired) electrons. The molecule has 0 saturated carbocycles. The summed E-state index contributed by atoms with van der Waals surface area (Å²) in [4.78, 5) is 2.38. The highest BCUT2D eigenvalue weighted by Gasteiger charge is 2.10. The molecule has 0 saturated heterocycles. The van der Waals surface area contributed by atoms with Gasteiger partial charge in [0, 0.05) is 4.88 Å². The minimum atomic E-state index is -0.256. The largest absolute Gasteiger partial charge is 0.220 e. The Morgan fingerprint density at radius 3 is 2.53 bits per heavy atom. The van der Waals surface area contributed by atoms with Crippen LogP contribution in [-0.2, 0) is 0 Å². The lowest BCUT2D eigenvalue weighted by Crippen LogP contribution is -1.94. The molecule has 3 nitrogen and oxygen atoms in total. The number of benzene rings is 1. The van der Waals surface area contributed by atoms with Crippen LogP contribution >= 0.6 is 11.3 Å². The molecule has 1 aromatic carbocycles. The number of aryl methyl sites for hydroxylation is 2. The Kier molecular flexibility index (Phi) is 2.91. The van der Waals surface area contributed by atoms with Crippen molar-refractivity contribution in [2.24, 2.45) is 0 Å². The first-order valence-electron chi connectivity index (χ1n) is 5.89. The zero-order valence-electron chi connectivity index (χ0n) is 10.6. The Balaban J connectivity index is 1.99. The van der Waals surface area contributed by atoms with Gasteiger partial charge >= 0.3 is 0 Å². The van der Waals surface area contributed by atoms with E-state index in [-0.39, 0.29) is 5.82 Å². The minimum absolute atomic E-state index is 0.256. The average Bonchev–Trinajstić information content (AvgIpc) is 2.97. The molecule has 0 bridgehead atoms. The van der Waals surface area contributed by atoms with Crippen molar-refractivity contribution in [2.45, 2.75) is 13.8 Å². The predicted molar refractivity (Wildman–Crippen MR) is 74.1 cm³/mol. The van der Waals surface area contributed by atoms with Crippen LogP contribution in [0.2, 0.25) is 0 Å². The van der Waals surface area contributed by atoms with Crippen LogP contribution in [0.25, 0.3) is 16.3 Å². The van der Waals surface area contributed by atoms with Gasteiger partial charge in [-0.3, -0.25) is 0 Å². The van der Waals surface area contributed by atoms with Gasteiger partial charge in [0.1, 0.15) is 11.5 Å². The number of rotatable bonds is 2. The highest BCUT2D eigenvalue weighted by atomic mass is 32.1. The summed E-state index contributed by atoms with van der Waals surface area (Å²) in [6.45, 7) is 4.14. The molecule has 0 amide bonds. The second kappa shape index (κ2) is 4.59. The second-order valence-electron chi connectivity index (χ2n) is 4.39. The van der Waals surface area contributed by atoms with Crippen LogP contribution in [0, 0.1) is 19.7 Å². The summed E-state index contributed by atoms with van der Waals surface area (Å²) >= 11 is 1.70. The van der Waals surface area contributed by atoms with E-state index in [2.05, 4.69) is 30.2 Å². The van der Waals surface area contributed by atoms with Gasteiger partial charge < -0.3 is 0 Å². The lowest BCUT2D eigenvalue weighted by Gasteiger charge is -1.98. The fraction of sp³-hybridized carbons (Fsp3) is 0.143. The lowest BCUT2D eigenvalue weighted by atomic mass is 10.2. The van der Waals surface area contributed by atoms with E-state index >= 15 is 0 Å². The molecule has 0 fully saturated rings. The van der Waals surface area contributed by atoms with Crippen molar-refractivity contribution in [2.75, 3.05) is 0 Å². The van der Waals surface area contributed by atoms with Crippen molar-refractivity contribution in [3.63, 3.8) is 0 Å². The molecule has 0 atom stereocenters. The van der Waals surface area contributed by atoms with E-state index in [1.54, 1.807) is 28.2 Å². The third-order valence-corrected chi connectivity index (χ3v) is 4.03. The van der Waals surface area contributed by atoms with Crippen LogP contribution in [-0.4, -0.2) is 15.0 Å². The number of halogens is 1. The van der Waals surface area contributed by atoms with E-state index in [4.69, 9.17) is 0 Å². The van der Waals surface area contributed by atoms with Gasteiger partial charge in [-0.05, 0) is 49.7 Å². The predicted octanol–water partition coefficient (Wildman–Crippen LogP) is 3.75. The number of thiophene rings is 1. The van der Waals surface area contributed by atoms with Crippen molar-refractivity contribution in [3.05, 3.63) is 52.8 Å². The lowest BCUT2D eigenvalue weighted by molar-refractivity contribution is 0.626. The molecule has 5 heteroatoms. The number of hydrogen-bond donors (Lipinski definition) is 0. The van der Waals surface area contributed by atoms with Gasteiger partial charge in [-0.15, -0.1) is 16.4 Å². The van der Waals surface area contributed by atoms with E-state index in [0.29, 0.717) is 0 Å². The van der Waals surface area contributed by atoms with E-state index in [0.717, 1.165) is 16.3 Å². The van der Waals surface area contributed by atoms with E-state index in [1.807, 2.05) is 6.20 Å². The number of aromatic nitrogens is 3. The first-order chi connectivity index (χ1) is 9.13. The Bertz CT molecular complexity index is 713. The summed E-state index contributed by atoms with van der Waals surface area (Å²) < 4.78 is 14.5. The van der Waals surface area contributed by atoms with E-state index in [1.165, 1.54) is 22.6 Å². The van der Waals surface area contributed by atoms with Crippen molar-refractivity contribution in [1.29, 1.82) is 0 Å². The molecule has 19 heavy (non-hydrogen) atoms. The SMILES string of the molecule is Cc1cc(C)c(-c2cn(-c3ccc(F)cc3)nn2)s1. The molecule has 0 N–H and O–H groups in total. The van der Waals surface area contributed by atoms with Crippen LogP contribution in [0.4, 0.5) is 4.39 Å². The van der Waals surface area contributed by atoms with Crippen molar-refractivity contribution in [1.82, 2.24) is 15.0 Å². The second-order valence-corrected chi connectivity index (χ2v) is 5.65. The highest BCUT2D eigenvalue weighted by molar-refractivity contribution is 7.15. The molecule has 0 spiro atoms. The van der Waals surface area contributed by atoms with Crippen molar-refractivity contribution >= 4 is 11.3 Å². The van der Waals surface area contributed by atoms with Gasteiger partial charge in [0.25, 0.3) is 0 Å². The van der Waals surface area contributed by atoms with Crippen LogP contribution in [0.1, 0.15) is 10.4 Å². The third-order valence-electron chi connectivity index (χ3n) is 2.86. The highest BCUT2D eigenvalue weighted by Crippen LogP contribution is 2.30. The Morgan fingerprint density at radius 1 is 1.16 bits per heavy atom. The summed E-state index contributed by atoms with van der Waals surface area (Å²) in [5, 5.41) is 8.28. The summed E-state index contributed by atoms with van der Waals surface area (Å²) in [5.41, 5.74) is 2.85. The quantitative estimate of drug-likeness (QED) is 0.712. The van der Waals surface area contributed by atoms with Gasteiger partial charge in [-0.2, -0.15) is 0 Å². The normalized spacial score (nSPS) is 10.9. The van der Waals surface area contributed by atoms with Gasteiger partial charge in [0.15, 0.2) is 0 Å². The Labute approximate surface area is 114 Å². The summed E-state index contributed by atoms with van der Waals surface area (Å²) in [5.74, 6) is -0.256. The molecule has 3 aromatic rings. The first kappa shape index (κ1) is 12.0. The zero-order valence-corrected chi connectivity index (χ0v) is 11.4. The summed E-state index contributed by atoms with van der Waals surface area (Å²) in [6.07, 6.45) is 1.87. The van der Waals surface area contributed by atoms with Crippen molar-refractivity contribution in [3.8, 4) is 16.3 Å². The van der Waals surface area contributed by atoms with Gasteiger partial charge in [-0.1, -0.05) is 5.21 Å². The Morgan fingerprint density at radius 2 is 1.89 bits per heavy atom.